The Kier molecular flexibility index (Phi) is 5.70. The van der Waals surface area contributed by atoms with E-state index in [1.807, 2.05) is 37.9 Å². The van der Waals surface area contributed by atoms with Gasteiger partial charge in [-0.15, -0.1) is 0 Å². The van der Waals surface area contributed by atoms with Gasteiger partial charge in [0.05, 0.1) is 11.2 Å². The van der Waals surface area contributed by atoms with Crippen molar-refractivity contribution in [3.63, 3.8) is 0 Å². The lowest BCUT2D eigenvalue weighted by atomic mass is 9.88. The van der Waals surface area contributed by atoms with Gasteiger partial charge in [-0.25, -0.2) is 4.39 Å². The molecule has 0 bridgehead atoms. The number of hydrogen-bond donors (Lipinski definition) is 1. The summed E-state index contributed by atoms with van der Waals surface area (Å²) in [6.07, 6.45) is 4.27. The number of allylic oxidation sites excluding steroid dienone is 1. The molecule has 2 aromatic rings. The topological polar surface area (TPSA) is 52.7 Å². The molecule has 1 fully saturated rings. The quantitative estimate of drug-likeness (QED) is 0.402. The van der Waals surface area contributed by atoms with Crippen LogP contribution in [0.25, 0.3) is 11.6 Å². The van der Waals surface area contributed by atoms with Gasteiger partial charge < -0.3 is 4.90 Å². The molecule has 2 aliphatic rings. The van der Waals surface area contributed by atoms with E-state index in [1.54, 1.807) is 18.2 Å². The molecule has 0 aromatic heterocycles. The molecule has 0 atom stereocenters. The molecule has 2 amide bonds. The first-order valence-electron chi connectivity index (χ1n) is 10.8. The number of nitrogens with zero attached hydrogens (tertiary/aromatic N) is 2. The van der Waals surface area contributed by atoms with Crippen LogP contribution in [0, 0.1) is 5.82 Å². The summed E-state index contributed by atoms with van der Waals surface area (Å²) >= 11 is 5.26. The van der Waals surface area contributed by atoms with Crippen LogP contribution in [0.4, 0.5) is 15.8 Å². The van der Waals surface area contributed by atoms with Crippen molar-refractivity contribution in [2.45, 2.75) is 39.7 Å². The van der Waals surface area contributed by atoms with Crippen LogP contribution in [0.2, 0.25) is 0 Å². The molecule has 0 radical (unpaired) electrons. The normalized spacial score (nSPS) is 18.9. The summed E-state index contributed by atoms with van der Waals surface area (Å²) < 4.78 is 15.1. The molecular formula is C26H26FN3O2S. The van der Waals surface area contributed by atoms with Crippen molar-refractivity contribution in [2.75, 3.05) is 16.8 Å². The molecule has 4 rings (SSSR count). The maximum atomic E-state index is 15.1. The van der Waals surface area contributed by atoms with E-state index in [2.05, 4.69) is 25.2 Å². The van der Waals surface area contributed by atoms with E-state index in [1.165, 1.54) is 17.0 Å². The first-order valence-corrected chi connectivity index (χ1v) is 11.2. The fourth-order valence-electron chi connectivity index (χ4n) is 4.23. The smallest absolute Gasteiger partial charge is 0.270 e. The minimum absolute atomic E-state index is 0.0000506. The van der Waals surface area contributed by atoms with Gasteiger partial charge in [0.15, 0.2) is 5.11 Å². The lowest BCUT2D eigenvalue weighted by molar-refractivity contribution is -0.122. The number of carbonyl (C=O) groups is 2. The minimum Gasteiger partial charge on any atom is -0.365 e. The molecule has 0 aliphatic carbocycles. The Morgan fingerprint density at radius 1 is 1.15 bits per heavy atom. The Hall–Kier alpha value is -3.32. The Bertz CT molecular complexity index is 1240. The van der Waals surface area contributed by atoms with Gasteiger partial charge in [-0.2, -0.15) is 0 Å². The molecule has 2 aliphatic heterocycles. The zero-order chi connectivity index (χ0) is 24.1. The molecule has 0 unspecified atom stereocenters. The number of benzene rings is 2. The van der Waals surface area contributed by atoms with Crippen molar-refractivity contribution in [3.05, 3.63) is 70.6 Å². The van der Waals surface area contributed by atoms with Crippen molar-refractivity contribution in [1.29, 1.82) is 0 Å². The Balaban J connectivity index is 1.76. The number of hydrogen-bond acceptors (Lipinski definition) is 4. The summed E-state index contributed by atoms with van der Waals surface area (Å²) in [6.45, 7) is 8.13. The number of halogens is 1. The second-order valence-electron chi connectivity index (χ2n) is 8.91. The largest absolute Gasteiger partial charge is 0.365 e. The molecule has 1 N–H and O–H groups in total. The van der Waals surface area contributed by atoms with Crippen LogP contribution in [0.1, 0.15) is 44.4 Å². The fraction of sp³-hybridized carbons (Fsp3) is 0.269. The second kappa shape index (κ2) is 8.23. The van der Waals surface area contributed by atoms with Crippen LogP contribution >= 0.6 is 12.2 Å². The van der Waals surface area contributed by atoms with Crippen molar-refractivity contribution in [1.82, 2.24) is 5.32 Å². The summed E-state index contributed by atoms with van der Waals surface area (Å²) in [7, 11) is 1.92. The van der Waals surface area contributed by atoms with Crippen molar-refractivity contribution in [2.24, 2.45) is 0 Å². The number of rotatable bonds is 3. The van der Waals surface area contributed by atoms with E-state index in [0.717, 1.165) is 28.8 Å². The Morgan fingerprint density at radius 2 is 1.82 bits per heavy atom. The third kappa shape index (κ3) is 3.97. The number of likely N-dealkylation sites (N-methyl/N-ethyl adjacent to an activating group) is 1. The van der Waals surface area contributed by atoms with Gasteiger partial charge in [0.1, 0.15) is 11.4 Å². The summed E-state index contributed by atoms with van der Waals surface area (Å²) in [5, 5.41) is 2.55. The molecule has 5 nitrogen and oxygen atoms in total. The molecule has 0 saturated carbocycles. The highest BCUT2D eigenvalue weighted by atomic mass is 32.1. The highest BCUT2D eigenvalue weighted by molar-refractivity contribution is 7.80. The molecule has 33 heavy (non-hydrogen) atoms. The van der Waals surface area contributed by atoms with Crippen molar-refractivity contribution in [3.8, 4) is 0 Å². The SMILES string of the molecule is CCc1ccc(N2C(=O)/C(=C\c3cc4c(cc3F)N(C)C(C)(C)C=C4C)C(=O)NC2=S)cc1. The average molecular weight is 464 g/mol. The fourth-order valence-corrected chi connectivity index (χ4v) is 4.51. The average Bonchev–Trinajstić information content (AvgIpc) is 2.75. The van der Waals surface area contributed by atoms with Crippen molar-refractivity contribution >= 4 is 52.2 Å². The number of amides is 2. The summed E-state index contributed by atoms with van der Waals surface area (Å²) in [6, 6.07) is 10.5. The van der Waals surface area contributed by atoms with Crippen LogP contribution in [0.15, 0.2) is 48.0 Å². The predicted molar refractivity (Wildman–Crippen MR) is 135 cm³/mol. The van der Waals surface area contributed by atoms with Gasteiger partial charge in [0, 0.05) is 23.9 Å². The molecule has 1 saturated heterocycles. The van der Waals surface area contributed by atoms with Crippen LogP contribution in [0.5, 0.6) is 0 Å². The predicted octanol–water partition coefficient (Wildman–Crippen LogP) is 4.85. The number of thiocarbonyl (C=S) groups is 1. The Morgan fingerprint density at radius 3 is 2.45 bits per heavy atom. The first-order chi connectivity index (χ1) is 15.5. The second-order valence-corrected chi connectivity index (χ2v) is 9.30. The van der Waals surface area contributed by atoms with Crippen molar-refractivity contribution < 1.29 is 14.0 Å². The lowest BCUT2D eigenvalue weighted by Gasteiger charge is -2.40. The van der Waals surface area contributed by atoms with E-state index < -0.39 is 17.6 Å². The number of nitrogens with one attached hydrogen (secondary N) is 1. The van der Waals surface area contributed by atoms with Crippen LogP contribution in [-0.2, 0) is 16.0 Å². The van der Waals surface area contributed by atoms with Crippen LogP contribution in [-0.4, -0.2) is 29.5 Å². The molecule has 170 valence electrons. The van der Waals surface area contributed by atoms with Gasteiger partial charge in [0.2, 0.25) is 0 Å². The summed E-state index contributed by atoms with van der Waals surface area (Å²) in [5.74, 6) is -1.74. The van der Waals surface area contributed by atoms with Gasteiger partial charge >= 0.3 is 0 Å². The van der Waals surface area contributed by atoms with E-state index in [0.29, 0.717) is 5.69 Å². The van der Waals surface area contributed by atoms with E-state index in [-0.39, 0.29) is 21.8 Å². The molecule has 7 heteroatoms. The number of carbonyl (C=O) groups excluding carboxylic acids is 2. The van der Waals surface area contributed by atoms with E-state index in [9.17, 15) is 9.59 Å². The third-order valence-electron chi connectivity index (χ3n) is 6.34. The van der Waals surface area contributed by atoms with Gasteiger partial charge in [-0.05, 0) is 80.9 Å². The minimum atomic E-state index is -0.644. The molecular weight excluding hydrogens is 437 g/mol. The molecule has 0 spiro atoms. The summed E-state index contributed by atoms with van der Waals surface area (Å²) in [5.41, 5.74) is 4.02. The maximum Gasteiger partial charge on any atom is 0.270 e. The number of aryl methyl sites for hydroxylation is 1. The monoisotopic (exact) mass is 463 g/mol. The number of fused-ring (bicyclic) bond motifs is 1. The summed E-state index contributed by atoms with van der Waals surface area (Å²) in [4.78, 5) is 29.2. The highest BCUT2D eigenvalue weighted by Gasteiger charge is 2.35. The molecule has 2 aromatic carbocycles. The highest BCUT2D eigenvalue weighted by Crippen LogP contribution is 2.39. The van der Waals surface area contributed by atoms with Gasteiger partial charge in [-0.3, -0.25) is 19.8 Å². The maximum absolute atomic E-state index is 15.1. The third-order valence-corrected chi connectivity index (χ3v) is 6.62. The van der Waals surface area contributed by atoms with Gasteiger partial charge in [-0.1, -0.05) is 25.1 Å². The zero-order valence-electron chi connectivity index (χ0n) is 19.3. The zero-order valence-corrected chi connectivity index (χ0v) is 20.1. The standard InChI is InChI=1S/C26H26FN3O2S/c1-6-16-7-9-18(10-8-16)30-24(32)20(23(31)28-25(30)33)12-17-11-19-15(2)14-26(3,4)29(5)22(19)13-21(17)27/h7-14H,6H2,1-5H3,(H,28,31,33)/b20-12-. The van der Waals surface area contributed by atoms with Crippen LogP contribution < -0.4 is 15.1 Å². The van der Waals surface area contributed by atoms with E-state index in [4.69, 9.17) is 12.2 Å². The lowest BCUT2D eigenvalue weighted by Crippen LogP contribution is -2.54. The number of anilines is 2. The van der Waals surface area contributed by atoms with Crippen LogP contribution in [0.3, 0.4) is 0 Å². The molecule has 2 heterocycles. The van der Waals surface area contributed by atoms with Gasteiger partial charge in [0.25, 0.3) is 11.8 Å². The first kappa shape index (κ1) is 22.9. The van der Waals surface area contributed by atoms with E-state index >= 15 is 4.39 Å². The Labute approximate surface area is 198 Å².